The summed E-state index contributed by atoms with van der Waals surface area (Å²) >= 11 is 0. The highest BCUT2D eigenvalue weighted by Crippen LogP contribution is 2.13. The van der Waals surface area contributed by atoms with Crippen LogP contribution < -0.4 is 0 Å². The zero-order valence-corrected chi connectivity index (χ0v) is 16.3. The van der Waals surface area contributed by atoms with Crippen LogP contribution >= 0.6 is 0 Å². The van der Waals surface area contributed by atoms with Crippen molar-refractivity contribution in [2.24, 2.45) is 4.99 Å². The molecule has 1 unspecified atom stereocenters. The molecular weight excluding hydrogens is 286 g/mol. The van der Waals surface area contributed by atoms with Gasteiger partial charge in [-0.15, -0.1) is 0 Å². The van der Waals surface area contributed by atoms with E-state index in [0.29, 0.717) is 6.04 Å². The van der Waals surface area contributed by atoms with Crippen LogP contribution in [0.1, 0.15) is 47.5 Å². The molecular formula is C19H39N3O. The molecule has 0 radical (unpaired) electrons. The molecule has 1 atom stereocenters. The Kier molecular flexibility index (Phi) is 14.4. The summed E-state index contributed by atoms with van der Waals surface area (Å²) in [7, 11) is 1.77. The summed E-state index contributed by atoms with van der Waals surface area (Å²) < 4.78 is 5.13. The summed E-state index contributed by atoms with van der Waals surface area (Å²) in [6.07, 6.45) is 6.65. The predicted molar refractivity (Wildman–Crippen MR) is 103 cm³/mol. The highest BCUT2D eigenvalue weighted by molar-refractivity contribution is 5.79. The van der Waals surface area contributed by atoms with Crippen molar-refractivity contribution in [3.05, 3.63) is 11.6 Å². The van der Waals surface area contributed by atoms with Gasteiger partial charge >= 0.3 is 0 Å². The van der Waals surface area contributed by atoms with Gasteiger partial charge in [0.05, 0.1) is 12.6 Å². The van der Waals surface area contributed by atoms with E-state index in [1.165, 1.54) is 18.7 Å². The van der Waals surface area contributed by atoms with Crippen molar-refractivity contribution in [3.8, 4) is 0 Å². The lowest BCUT2D eigenvalue weighted by Crippen LogP contribution is -2.49. The molecule has 0 spiro atoms. The molecule has 0 aromatic carbocycles. The summed E-state index contributed by atoms with van der Waals surface area (Å²) in [5, 5.41) is 0. The Balaban J connectivity index is 0.00000112. The van der Waals surface area contributed by atoms with Gasteiger partial charge in [-0.3, -0.25) is 14.8 Å². The summed E-state index contributed by atoms with van der Waals surface area (Å²) in [6.45, 7) is 17.9. The van der Waals surface area contributed by atoms with E-state index < -0.39 is 0 Å². The van der Waals surface area contributed by atoms with E-state index in [1.54, 1.807) is 7.11 Å². The Morgan fingerprint density at radius 2 is 1.70 bits per heavy atom. The van der Waals surface area contributed by atoms with E-state index in [0.717, 1.165) is 45.6 Å². The second-order valence-corrected chi connectivity index (χ2v) is 5.44. The summed E-state index contributed by atoms with van der Waals surface area (Å²) in [5.74, 6) is 0. The van der Waals surface area contributed by atoms with Crippen molar-refractivity contribution in [2.75, 3.05) is 53.0 Å². The van der Waals surface area contributed by atoms with Crippen molar-refractivity contribution in [1.29, 1.82) is 0 Å². The van der Waals surface area contributed by atoms with Crippen LogP contribution in [0.3, 0.4) is 0 Å². The van der Waals surface area contributed by atoms with Gasteiger partial charge in [-0.25, -0.2) is 0 Å². The zero-order valence-electron chi connectivity index (χ0n) is 16.3. The van der Waals surface area contributed by atoms with E-state index >= 15 is 0 Å². The van der Waals surface area contributed by atoms with Crippen LogP contribution in [-0.2, 0) is 4.74 Å². The van der Waals surface area contributed by atoms with Gasteiger partial charge in [-0.1, -0.05) is 40.7 Å². The minimum atomic E-state index is 0.473. The summed E-state index contributed by atoms with van der Waals surface area (Å²) in [5.41, 5.74) is 1.39. The SMILES string of the molecule is CC.CC.CCC1=CCC(CN2CCN(CCOC)CC2)N=C1. The molecule has 0 saturated carbocycles. The first-order valence-corrected chi connectivity index (χ1v) is 9.47. The molecule has 0 aromatic heterocycles. The van der Waals surface area contributed by atoms with E-state index in [2.05, 4.69) is 34.0 Å². The number of nitrogens with zero attached hydrogens (tertiary/aromatic N) is 3. The molecule has 0 N–H and O–H groups in total. The fourth-order valence-electron chi connectivity index (χ4n) is 2.67. The maximum absolute atomic E-state index is 5.13. The Morgan fingerprint density at radius 1 is 1.09 bits per heavy atom. The average molecular weight is 326 g/mol. The quantitative estimate of drug-likeness (QED) is 0.748. The summed E-state index contributed by atoms with van der Waals surface area (Å²) in [6, 6.07) is 0.473. The van der Waals surface area contributed by atoms with Gasteiger partial charge < -0.3 is 4.74 Å². The Labute approximate surface area is 144 Å². The minimum absolute atomic E-state index is 0.473. The first-order valence-electron chi connectivity index (χ1n) is 9.47. The summed E-state index contributed by atoms with van der Waals surface area (Å²) in [4.78, 5) is 9.71. The normalized spacial score (nSPS) is 21.7. The number of ether oxygens (including phenoxy) is 1. The van der Waals surface area contributed by atoms with E-state index in [4.69, 9.17) is 4.74 Å². The van der Waals surface area contributed by atoms with Gasteiger partial charge in [0, 0.05) is 52.6 Å². The Morgan fingerprint density at radius 3 is 2.17 bits per heavy atom. The van der Waals surface area contributed by atoms with Gasteiger partial charge in [0.25, 0.3) is 0 Å². The second-order valence-electron chi connectivity index (χ2n) is 5.44. The van der Waals surface area contributed by atoms with Crippen LogP contribution in [0.4, 0.5) is 0 Å². The highest BCUT2D eigenvalue weighted by Gasteiger charge is 2.19. The molecule has 4 nitrogen and oxygen atoms in total. The molecule has 23 heavy (non-hydrogen) atoms. The first-order chi connectivity index (χ1) is 11.3. The molecule has 0 bridgehead atoms. The van der Waals surface area contributed by atoms with Gasteiger partial charge in [-0.05, 0) is 18.4 Å². The van der Waals surface area contributed by atoms with E-state index in [1.807, 2.05) is 27.7 Å². The van der Waals surface area contributed by atoms with Crippen molar-refractivity contribution in [3.63, 3.8) is 0 Å². The molecule has 0 aliphatic carbocycles. The van der Waals surface area contributed by atoms with Gasteiger partial charge in [0.2, 0.25) is 0 Å². The topological polar surface area (TPSA) is 28.1 Å². The second kappa shape index (κ2) is 14.9. The third kappa shape index (κ3) is 9.23. The molecule has 1 saturated heterocycles. The standard InChI is InChI=1S/C15H27N3O.2C2H6/c1-3-14-4-5-15(16-12-14)13-18-8-6-17(7-9-18)10-11-19-2;2*1-2/h4,12,15H,3,5-11,13H2,1-2H3;2*1-2H3. The molecule has 1 fully saturated rings. The number of hydrogen-bond acceptors (Lipinski definition) is 4. The monoisotopic (exact) mass is 325 g/mol. The fraction of sp³-hybridized carbons (Fsp3) is 0.842. The van der Waals surface area contributed by atoms with Crippen LogP contribution in [-0.4, -0.2) is 75.0 Å². The minimum Gasteiger partial charge on any atom is -0.383 e. The lowest BCUT2D eigenvalue weighted by Gasteiger charge is -2.35. The lowest BCUT2D eigenvalue weighted by atomic mass is 10.1. The molecule has 4 heteroatoms. The fourth-order valence-corrected chi connectivity index (χ4v) is 2.67. The Bertz CT molecular complexity index is 321. The van der Waals surface area contributed by atoms with Crippen molar-refractivity contribution < 1.29 is 4.74 Å². The number of dihydropyridines is 1. The van der Waals surface area contributed by atoms with Crippen molar-refractivity contribution >= 4 is 6.21 Å². The highest BCUT2D eigenvalue weighted by atomic mass is 16.5. The third-order valence-corrected chi connectivity index (χ3v) is 4.06. The molecule has 2 aliphatic heterocycles. The number of methoxy groups -OCH3 is 1. The van der Waals surface area contributed by atoms with Crippen LogP contribution in [0, 0.1) is 0 Å². The van der Waals surface area contributed by atoms with Gasteiger partial charge in [0.1, 0.15) is 0 Å². The van der Waals surface area contributed by atoms with E-state index in [-0.39, 0.29) is 0 Å². The predicted octanol–water partition coefficient (Wildman–Crippen LogP) is 3.48. The van der Waals surface area contributed by atoms with Gasteiger partial charge in [0.15, 0.2) is 0 Å². The molecule has 2 rings (SSSR count). The maximum Gasteiger partial charge on any atom is 0.0661 e. The van der Waals surface area contributed by atoms with Crippen LogP contribution in [0.25, 0.3) is 0 Å². The number of hydrogen-bond donors (Lipinski definition) is 0. The maximum atomic E-state index is 5.13. The van der Waals surface area contributed by atoms with Crippen LogP contribution in [0.5, 0.6) is 0 Å². The van der Waals surface area contributed by atoms with Crippen molar-refractivity contribution in [2.45, 2.75) is 53.5 Å². The number of piperazine rings is 1. The molecule has 2 heterocycles. The van der Waals surface area contributed by atoms with Gasteiger partial charge in [-0.2, -0.15) is 0 Å². The molecule has 0 amide bonds. The third-order valence-electron chi connectivity index (χ3n) is 4.06. The number of aliphatic imine (C=N–C) groups is 1. The lowest BCUT2D eigenvalue weighted by molar-refractivity contribution is 0.0944. The van der Waals surface area contributed by atoms with Crippen LogP contribution in [0.2, 0.25) is 0 Å². The molecule has 136 valence electrons. The van der Waals surface area contributed by atoms with Crippen molar-refractivity contribution in [1.82, 2.24) is 9.80 Å². The smallest absolute Gasteiger partial charge is 0.0661 e. The van der Waals surface area contributed by atoms with Crippen LogP contribution in [0.15, 0.2) is 16.6 Å². The van der Waals surface area contributed by atoms with E-state index in [9.17, 15) is 0 Å². The number of rotatable bonds is 6. The molecule has 2 aliphatic rings. The first kappa shape index (κ1) is 22.3. The zero-order chi connectivity index (χ0) is 17.5. The largest absolute Gasteiger partial charge is 0.383 e. The average Bonchev–Trinajstić information content (AvgIpc) is 2.65. The number of allylic oxidation sites excluding steroid dienone is 1. The Hall–Kier alpha value is -0.710. The molecule has 0 aromatic rings.